The number of amides is 1. The molecule has 2 fully saturated rings. The molecule has 0 saturated carbocycles. The van der Waals surface area contributed by atoms with E-state index in [1.54, 1.807) is 11.8 Å². The Balaban J connectivity index is 1.62. The number of nitrogens with zero attached hydrogens (tertiary/aromatic N) is 1. The number of thioether (sulfide) groups is 1. The molecule has 1 aromatic rings. The molecule has 0 bridgehead atoms. The van der Waals surface area contributed by atoms with Gasteiger partial charge in [0.05, 0.1) is 17.5 Å². The molecule has 2 unspecified atom stereocenters. The van der Waals surface area contributed by atoms with Gasteiger partial charge in [-0.25, -0.2) is 8.78 Å². The van der Waals surface area contributed by atoms with Gasteiger partial charge in [-0.05, 0) is 44.7 Å². The highest BCUT2D eigenvalue weighted by atomic mass is 32.2. The predicted molar refractivity (Wildman–Crippen MR) is 95.3 cm³/mol. The van der Waals surface area contributed by atoms with Crippen LogP contribution in [0.1, 0.15) is 25.7 Å². The first-order valence-corrected chi connectivity index (χ1v) is 9.65. The van der Waals surface area contributed by atoms with Crippen molar-refractivity contribution in [1.82, 2.24) is 9.88 Å². The highest BCUT2D eigenvalue weighted by Crippen LogP contribution is 2.41. The van der Waals surface area contributed by atoms with Crippen LogP contribution in [0, 0.1) is 11.7 Å². The molecule has 3 heterocycles. The van der Waals surface area contributed by atoms with Crippen LogP contribution in [0.4, 0.5) is 14.5 Å². The van der Waals surface area contributed by atoms with Crippen LogP contribution < -0.4 is 16.2 Å². The standard InChI is InChI=1S/C17H23F2N3O2S/c18-5-8-22-10-12(9-13(19)17(22)24)21-16(23)15-2-1-14(25-15)11-3-6-20-7-4-11/h9-11,14-15,20H,1-8H2,(H,21,23). The van der Waals surface area contributed by atoms with Crippen molar-refractivity contribution in [3.05, 3.63) is 28.4 Å². The van der Waals surface area contributed by atoms with Gasteiger partial charge >= 0.3 is 0 Å². The Hall–Kier alpha value is -1.41. The summed E-state index contributed by atoms with van der Waals surface area (Å²) in [5, 5.41) is 6.36. The molecule has 3 rings (SSSR count). The summed E-state index contributed by atoms with van der Waals surface area (Å²) < 4.78 is 27.1. The van der Waals surface area contributed by atoms with E-state index in [2.05, 4.69) is 10.6 Å². The number of alkyl halides is 1. The Bertz CT molecular complexity index is 676. The third-order valence-corrected chi connectivity index (χ3v) is 6.64. The Morgan fingerprint density at radius 1 is 1.32 bits per heavy atom. The fourth-order valence-corrected chi connectivity index (χ4v) is 5.21. The van der Waals surface area contributed by atoms with Crippen molar-refractivity contribution in [2.45, 2.75) is 42.7 Å². The lowest BCUT2D eigenvalue weighted by Gasteiger charge is -2.27. The second-order valence-electron chi connectivity index (χ2n) is 6.58. The van der Waals surface area contributed by atoms with Crippen LogP contribution in [0.25, 0.3) is 0 Å². The first-order valence-electron chi connectivity index (χ1n) is 8.71. The number of halogens is 2. The molecule has 0 radical (unpaired) electrons. The van der Waals surface area contributed by atoms with E-state index in [0.717, 1.165) is 49.4 Å². The van der Waals surface area contributed by atoms with Crippen molar-refractivity contribution in [1.29, 1.82) is 0 Å². The summed E-state index contributed by atoms with van der Waals surface area (Å²) in [6.07, 6.45) is 5.41. The number of carbonyl (C=O) groups excluding carboxylic acids is 1. The molecule has 138 valence electrons. The minimum absolute atomic E-state index is 0.162. The Morgan fingerprint density at radius 2 is 2.08 bits per heavy atom. The van der Waals surface area contributed by atoms with Crippen LogP contribution in [-0.2, 0) is 11.3 Å². The summed E-state index contributed by atoms with van der Waals surface area (Å²) >= 11 is 1.70. The number of anilines is 1. The SMILES string of the molecule is O=C(Nc1cc(F)c(=O)n(CCF)c1)C1CCC(C2CCNCC2)S1. The van der Waals surface area contributed by atoms with E-state index < -0.39 is 18.1 Å². The van der Waals surface area contributed by atoms with Crippen LogP contribution in [0.5, 0.6) is 0 Å². The molecule has 1 amide bonds. The molecule has 2 aliphatic heterocycles. The van der Waals surface area contributed by atoms with Crippen molar-refractivity contribution >= 4 is 23.4 Å². The smallest absolute Gasteiger partial charge is 0.286 e. The zero-order valence-electron chi connectivity index (χ0n) is 14.0. The summed E-state index contributed by atoms with van der Waals surface area (Å²) in [5.41, 5.74) is -0.682. The van der Waals surface area contributed by atoms with Gasteiger partial charge < -0.3 is 15.2 Å². The third kappa shape index (κ3) is 4.41. The number of rotatable bonds is 5. The van der Waals surface area contributed by atoms with Gasteiger partial charge in [0.1, 0.15) is 6.67 Å². The Labute approximate surface area is 149 Å². The molecule has 2 N–H and O–H groups in total. The predicted octanol–water partition coefficient (Wildman–Crippen LogP) is 2.16. The van der Waals surface area contributed by atoms with Crippen molar-refractivity contribution in [3.8, 4) is 0 Å². The largest absolute Gasteiger partial charge is 0.324 e. The van der Waals surface area contributed by atoms with Gasteiger partial charge in [-0.2, -0.15) is 0 Å². The van der Waals surface area contributed by atoms with Gasteiger partial charge in [-0.3, -0.25) is 9.59 Å². The molecule has 2 aliphatic rings. The maximum Gasteiger partial charge on any atom is 0.286 e. The summed E-state index contributed by atoms with van der Waals surface area (Å²) in [6.45, 7) is 1.07. The second-order valence-corrected chi connectivity index (χ2v) is 8.03. The molecular weight excluding hydrogens is 348 g/mol. The van der Waals surface area contributed by atoms with Crippen molar-refractivity contribution < 1.29 is 13.6 Å². The zero-order chi connectivity index (χ0) is 17.8. The first-order chi connectivity index (χ1) is 12.1. The monoisotopic (exact) mass is 371 g/mol. The average molecular weight is 371 g/mol. The molecule has 1 aromatic heterocycles. The van der Waals surface area contributed by atoms with Gasteiger partial charge in [0.2, 0.25) is 5.91 Å². The van der Waals surface area contributed by atoms with Crippen LogP contribution in [0.3, 0.4) is 0 Å². The fourth-order valence-electron chi connectivity index (χ4n) is 3.57. The number of nitrogens with one attached hydrogen (secondary N) is 2. The maximum atomic E-state index is 13.7. The highest BCUT2D eigenvalue weighted by molar-refractivity contribution is 8.01. The lowest BCUT2D eigenvalue weighted by Crippen LogP contribution is -2.32. The van der Waals surface area contributed by atoms with Gasteiger partial charge in [0.15, 0.2) is 5.82 Å². The molecule has 25 heavy (non-hydrogen) atoms. The number of hydrogen-bond acceptors (Lipinski definition) is 4. The van der Waals surface area contributed by atoms with Crippen LogP contribution in [0.15, 0.2) is 17.1 Å². The zero-order valence-corrected chi connectivity index (χ0v) is 14.8. The summed E-state index contributed by atoms with van der Waals surface area (Å²) in [5.74, 6) is -0.517. The van der Waals surface area contributed by atoms with E-state index in [4.69, 9.17) is 0 Å². The molecule has 2 saturated heterocycles. The number of aromatic nitrogens is 1. The van der Waals surface area contributed by atoms with E-state index in [1.807, 2.05) is 0 Å². The van der Waals surface area contributed by atoms with E-state index in [0.29, 0.717) is 11.2 Å². The summed E-state index contributed by atoms with van der Waals surface area (Å²) in [7, 11) is 0. The average Bonchev–Trinajstić information content (AvgIpc) is 3.10. The highest BCUT2D eigenvalue weighted by Gasteiger charge is 2.35. The van der Waals surface area contributed by atoms with Gasteiger partial charge in [0.25, 0.3) is 5.56 Å². The quantitative estimate of drug-likeness (QED) is 0.833. The maximum absolute atomic E-state index is 13.7. The first kappa shape index (κ1) is 18.4. The number of piperidine rings is 1. The van der Waals surface area contributed by atoms with E-state index in [9.17, 15) is 18.4 Å². The molecule has 5 nitrogen and oxygen atoms in total. The summed E-state index contributed by atoms with van der Waals surface area (Å²) in [6, 6.07) is 0.999. The van der Waals surface area contributed by atoms with Gasteiger partial charge in [-0.1, -0.05) is 0 Å². The lowest BCUT2D eigenvalue weighted by atomic mass is 9.92. The molecule has 2 atom stereocenters. The lowest BCUT2D eigenvalue weighted by molar-refractivity contribution is -0.115. The molecule has 0 aromatic carbocycles. The normalized spacial score (nSPS) is 24.4. The number of pyridine rings is 1. The number of aryl methyl sites for hydroxylation is 1. The Morgan fingerprint density at radius 3 is 2.80 bits per heavy atom. The van der Waals surface area contributed by atoms with Crippen LogP contribution in [-0.4, -0.2) is 40.7 Å². The minimum atomic E-state index is -0.988. The summed E-state index contributed by atoms with van der Waals surface area (Å²) in [4.78, 5) is 24.1. The third-order valence-electron chi connectivity index (χ3n) is 4.89. The van der Waals surface area contributed by atoms with Gasteiger partial charge in [-0.15, -0.1) is 11.8 Å². The van der Waals surface area contributed by atoms with Crippen LogP contribution in [0.2, 0.25) is 0 Å². The molecule has 0 spiro atoms. The fraction of sp³-hybridized carbons (Fsp3) is 0.647. The minimum Gasteiger partial charge on any atom is -0.324 e. The number of carbonyl (C=O) groups is 1. The van der Waals surface area contributed by atoms with E-state index in [1.165, 1.54) is 6.20 Å². The van der Waals surface area contributed by atoms with Crippen molar-refractivity contribution in [2.75, 3.05) is 25.1 Å². The molecule has 8 heteroatoms. The molecular formula is C17H23F2N3O2S. The van der Waals surface area contributed by atoms with Crippen molar-refractivity contribution in [2.24, 2.45) is 5.92 Å². The van der Waals surface area contributed by atoms with E-state index >= 15 is 0 Å². The van der Waals surface area contributed by atoms with Crippen molar-refractivity contribution in [3.63, 3.8) is 0 Å². The van der Waals surface area contributed by atoms with E-state index in [-0.39, 0.29) is 23.4 Å². The Kier molecular flexibility index (Phi) is 6.11. The molecule has 0 aliphatic carbocycles. The second kappa shape index (κ2) is 8.31. The topological polar surface area (TPSA) is 63.1 Å². The van der Waals surface area contributed by atoms with Crippen LogP contribution >= 0.6 is 11.8 Å². The number of hydrogen-bond donors (Lipinski definition) is 2. The van der Waals surface area contributed by atoms with Gasteiger partial charge in [0, 0.05) is 17.5 Å².